The van der Waals surface area contributed by atoms with Gasteiger partial charge in [-0.2, -0.15) is 5.10 Å². The molecule has 0 unspecified atom stereocenters. The Morgan fingerprint density at radius 2 is 2.00 bits per heavy atom. The summed E-state index contributed by atoms with van der Waals surface area (Å²) in [6.07, 6.45) is 8.87. The van der Waals surface area contributed by atoms with E-state index in [1.165, 1.54) is 18.4 Å². The third-order valence-corrected chi connectivity index (χ3v) is 4.87. The summed E-state index contributed by atoms with van der Waals surface area (Å²) in [5.41, 5.74) is 3.89. The fourth-order valence-corrected chi connectivity index (χ4v) is 3.29. The first-order valence-electron chi connectivity index (χ1n) is 9.65. The zero-order valence-electron chi connectivity index (χ0n) is 15.9. The van der Waals surface area contributed by atoms with Crippen LogP contribution in [0, 0.1) is 0 Å². The van der Waals surface area contributed by atoms with Gasteiger partial charge in [-0.25, -0.2) is 4.79 Å². The number of esters is 1. The number of hydrogen-bond donors (Lipinski definition) is 1. The molecule has 1 aromatic carbocycles. The zero-order chi connectivity index (χ0) is 19.1. The van der Waals surface area contributed by atoms with Crippen molar-refractivity contribution in [3.05, 3.63) is 41.5 Å². The van der Waals surface area contributed by atoms with Gasteiger partial charge in [-0.3, -0.25) is 9.80 Å². The number of amides is 1. The smallest absolute Gasteiger partial charge is 0.338 e. The molecule has 1 aromatic rings. The Morgan fingerprint density at radius 3 is 2.67 bits per heavy atom. The van der Waals surface area contributed by atoms with Crippen LogP contribution in [0.15, 0.2) is 41.0 Å². The Labute approximate surface area is 160 Å². The first-order chi connectivity index (χ1) is 13.1. The van der Waals surface area contributed by atoms with Crippen LogP contribution in [0.25, 0.3) is 0 Å². The Morgan fingerprint density at radius 1 is 1.19 bits per heavy atom. The minimum Gasteiger partial charge on any atom is -0.452 e. The number of nitrogens with zero attached hydrogens (tertiary/aromatic N) is 2. The summed E-state index contributed by atoms with van der Waals surface area (Å²) in [5.74, 6) is -0.758. The number of carbonyl (C=O) groups is 2. The summed E-state index contributed by atoms with van der Waals surface area (Å²) in [5, 5.41) is 9.16. The molecule has 0 bridgehead atoms. The first-order valence-corrected chi connectivity index (χ1v) is 9.65. The van der Waals surface area contributed by atoms with Crippen molar-refractivity contribution in [1.82, 2.24) is 5.32 Å². The number of nitrogens with one attached hydrogen (secondary N) is 1. The summed E-state index contributed by atoms with van der Waals surface area (Å²) in [6, 6.07) is 7.09. The standard InChI is InChI=1S/C21H27N3O3/c1-16-12-14-24(23-16)19-9-7-18(8-10-19)21(26)27-15-20(25)22-13-11-17-5-3-2-4-6-17/h5,7-10H,2-4,6,11-15H2,1H3,(H,22,25). The monoisotopic (exact) mass is 369 g/mol. The molecule has 0 saturated carbocycles. The topological polar surface area (TPSA) is 71.0 Å². The van der Waals surface area contributed by atoms with Crippen molar-refractivity contribution in [1.29, 1.82) is 0 Å². The number of benzene rings is 1. The summed E-state index contributed by atoms with van der Waals surface area (Å²) in [6.45, 7) is 3.19. The maximum Gasteiger partial charge on any atom is 0.338 e. The Kier molecular flexibility index (Phi) is 6.63. The van der Waals surface area contributed by atoms with Crippen molar-refractivity contribution < 1.29 is 14.3 Å². The molecule has 27 heavy (non-hydrogen) atoms. The second-order valence-corrected chi connectivity index (χ2v) is 7.04. The van der Waals surface area contributed by atoms with E-state index >= 15 is 0 Å². The van der Waals surface area contributed by atoms with Gasteiger partial charge in [0.05, 0.1) is 11.3 Å². The van der Waals surface area contributed by atoms with Crippen molar-refractivity contribution in [3.63, 3.8) is 0 Å². The lowest BCUT2D eigenvalue weighted by atomic mass is 9.97. The van der Waals surface area contributed by atoms with Crippen LogP contribution in [0.3, 0.4) is 0 Å². The normalized spacial score (nSPS) is 16.6. The summed E-state index contributed by atoms with van der Waals surface area (Å²) < 4.78 is 5.11. The number of hydrazone groups is 1. The fraction of sp³-hybridized carbons (Fsp3) is 0.476. The van der Waals surface area contributed by atoms with Crippen molar-refractivity contribution in [3.8, 4) is 0 Å². The van der Waals surface area contributed by atoms with E-state index in [2.05, 4.69) is 16.5 Å². The SMILES string of the molecule is CC1=NN(c2ccc(C(=O)OCC(=O)NCCC3=CCCCC3)cc2)CC1. The molecule has 1 N–H and O–H groups in total. The second kappa shape index (κ2) is 9.35. The largest absolute Gasteiger partial charge is 0.452 e. The molecule has 0 aromatic heterocycles. The van der Waals surface area contributed by atoms with E-state index in [0.717, 1.165) is 43.6 Å². The minimum atomic E-state index is -0.493. The number of hydrogen-bond acceptors (Lipinski definition) is 5. The van der Waals surface area contributed by atoms with Crippen LogP contribution < -0.4 is 10.3 Å². The lowest BCUT2D eigenvalue weighted by molar-refractivity contribution is -0.124. The van der Waals surface area contributed by atoms with Crippen molar-refractivity contribution in [2.45, 2.75) is 45.4 Å². The fourth-order valence-electron chi connectivity index (χ4n) is 3.29. The molecule has 144 valence electrons. The molecule has 0 saturated heterocycles. The number of allylic oxidation sites excluding steroid dienone is 1. The maximum atomic E-state index is 12.1. The molecule has 0 spiro atoms. The number of ether oxygens (including phenoxy) is 1. The van der Waals surface area contributed by atoms with E-state index < -0.39 is 5.97 Å². The van der Waals surface area contributed by atoms with Crippen LogP contribution in [-0.4, -0.2) is 37.3 Å². The van der Waals surface area contributed by atoms with Gasteiger partial charge in [0.2, 0.25) is 0 Å². The van der Waals surface area contributed by atoms with E-state index in [1.807, 2.05) is 24.1 Å². The Hall–Kier alpha value is -2.63. The molecule has 6 heteroatoms. The molecular weight excluding hydrogens is 342 g/mol. The summed E-state index contributed by atoms with van der Waals surface area (Å²) in [4.78, 5) is 24.0. The van der Waals surface area contributed by atoms with Gasteiger partial charge in [0, 0.05) is 25.2 Å². The predicted octanol–water partition coefficient (Wildman–Crippen LogP) is 3.44. The van der Waals surface area contributed by atoms with Gasteiger partial charge in [0.15, 0.2) is 6.61 Å². The number of anilines is 1. The van der Waals surface area contributed by atoms with Gasteiger partial charge in [0.1, 0.15) is 0 Å². The summed E-state index contributed by atoms with van der Waals surface area (Å²) >= 11 is 0. The van der Waals surface area contributed by atoms with E-state index in [4.69, 9.17) is 4.74 Å². The molecule has 0 fully saturated rings. The third kappa shape index (κ3) is 5.67. The van der Waals surface area contributed by atoms with E-state index in [-0.39, 0.29) is 12.5 Å². The quantitative estimate of drug-likeness (QED) is 0.590. The van der Waals surface area contributed by atoms with Crippen LogP contribution in [0.4, 0.5) is 5.69 Å². The highest BCUT2D eigenvalue weighted by atomic mass is 16.5. The molecule has 6 nitrogen and oxygen atoms in total. The Balaban J connectivity index is 1.39. The highest BCUT2D eigenvalue weighted by Gasteiger charge is 2.15. The molecule has 0 radical (unpaired) electrons. The third-order valence-electron chi connectivity index (χ3n) is 4.87. The Bertz CT molecular complexity index is 738. The molecule has 1 aliphatic carbocycles. The molecule has 1 aliphatic heterocycles. The van der Waals surface area contributed by atoms with Crippen molar-refractivity contribution >= 4 is 23.3 Å². The molecule has 0 atom stereocenters. The lowest BCUT2D eigenvalue weighted by Gasteiger charge is -2.14. The van der Waals surface area contributed by atoms with Gasteiger partial charge in [-0.1, -0.05) is 11.6 Å². The summed E-state index contributed by atoms with van der Waals surface area (Å²) in [7, 11) is 0. The highest BCUT2D eigenvalue weighted by Crippen LogP contribution is 2.20. The van der Waals surface area contributed by atoms with E-state index in [1.54, 1.807) is 12.1 Å². The van der Waals surface area contributed by atoms with Gasteiger partial charge in [-0.05, 0) is 63.3 Å². The number of rotatable bonds is 7. The molecule has 3 rings (SSSR count). The average molecular weight is 369 g/mol. The molecule has 2 aliphatic rings. The van der Waals surface area contributed by atoms with Crippen LogP contribution in [0.1, 0.15) is 55.8 Å². The molecule has 1 heterocycles. The highest BCUT2D eigenvalue weighted by molar-refractivity contribution is 5.92. The van der Waals surface area contributed by atoms with Crippen molar-refractivity contribution in [2.75, 3.05) is 24.7 Å². The molecular formula is C21H27N3O3. The number of carbonyl (C=O) groups excluding carboxylic acids is 2. The van der Waals surface area contributed by atoms with E-state index in [9.17, 15) is 9.59 Å². The molecule has 1 amide bonds. The average Bonchev–Trinajstić information content (AvgIpc) is 3.13. The zero-order valence-corrected chi connectivity index (χ0v) is 15.9. The van der Waals surface area contributed by atoms with Gasteiger partial charge in [0.25, 0.3) is 5.91 Å². The van der Waals surface area contributed by atoms with Gasteiger partial charge in [-0.15, -0.1) is 0 Å². The van der Waals surface area contributed by atoms with Crippen molar-refractivity contribution in [2.24, 2.45) is 5.10 Å². The minimum absolute atomic E-state index is 0.255. The van der Waals surface area contributed by atoms with Crippen LogP contribution in [-0.2, 0) is 9.53 Å². The lowest BCUT2D eigenvalue weighted by Crippen LogP contribution is -2.29. The van der Waals surface area contributed by atoms with Gasteiger partial charge >= 0.3 is 5.97 Å². The van der Waals surface area contributed by atoms with E-state index in [0.29, 0.717) is 12.1 Å². The maximum absolute atomic E-state index is 12.1. The van der Waals surface area contributed by atoms with Gasteiger partial charge < -0.3 is 10.1 Å². The second-order valence-electron chi connectivity index (χ2n) is 7.04. The van der Waals surface area contributed by atoms with Crippen LogP contribution in [0.2, 0.25) is 0 Å². The predicted molar refractivity (Wildman–Crippen MR) is 106 cm³/mol. The first kappa shape index (κ1) is 19.1. The van der Waals surface area contributed by atoms with Crippen LogP contribution in [0.5, 0.6) is 0 Å². The van der Waals surface area contributed by atoms with Crippen LogP contribution >= 0.6 is 0 Å².